The molecule has 4 heteroatoms. The van der Waals surface area contributed by atoms with Crippen molar-refractivity contribution in [3.8, 4) is 0 Å². The highest BCUT2D eigenvalue weighted by Gasteiger charge is 2.35. The van der Waals surface area contributed by atoms with Crippen molar-refractivity contribution in [3.63, 3.8) is 0 Å². The summed E-state index contributed by atoms with van der Waals surface area (Å²) in [5.41, 5.74) is 0.0382. The predicted octanol–water partition coefficient (Wildman–Crippen LogP) is 7.41. The maximum atomic E-state index is 10.5. The molecule has 0 heterocycles. The lowest BCUT2D eigenvalue weighted by atomic mass is 9.89. The van der Waals surface area contributed by atoms with E-state index in [2.05, 4.69) is 58.3 Å². The molecule has 0 amide bonds. The van der Waals surface area contributed by atoms with Gasteiger partial charge in [-0.05, 0) is 73.4 Å². The molecule has 0 rings (SSSR count). The third kappa shape index (κ3) is 15.8. The zero-order valence-electron chi connectivity index (χ0n) is 24.5. The molecule has 0 aromatic rings. The van der Waals surface area contributed by atoms with Gasteiger partial charge >= 0.3 is 0 Å². The Bertz CT molecular complexity index is 448. The highest BCUT2D eigenvalue weighted by Crippen LogP contribution is 2.28. The molecule has 0 aliphatic carbocycles. The van der Waals surface area contributed by atoms with Crippen LogP contribution in [0.3, 0.4) is 0 Å². The molecule has 0 aliphatic rings. The van der Waals surface area contributed by atoms with Gasteiger partial charge in [-0.25, -0.2) is 0 Å². The number of aliphatic hydroxyl groups is 2. The van der Waals surface area contributed by atoms with E-state index in [4.69, 9.17) is 0 Å². The lowest BCUT2D eigenvalue weighted by Gasteiger charge is -2.47. The number of aliphatic hydroxyl groups excluding tert-OH is 2. The zero-order valence-corrected chi connectivity index (χ0v) is 24.5. The van der Waals surface area contributed by atoms with Crippen LogP contribution in [0.5, 0.6) is 0 Å². The fourth-order valence-electron chi connectivity index (χ4n) is 5.35. The first-order valence-electron chi connectivity index (χ1n) is 14.9. The van der Waals surface area contributed by atoms with E-state index in [1.54, 1.807) is 0 Å². The van der Waals surface area contributed by atoms with Gasteiger partial charge in [0.25, 0.3) is 0 Å². The number of nitrogens with zero attached hydrogens (tertiary/aromatic N) is 2. The minimum atomic E-state index is -0.00433. The normalized spacial score (nSPS) is 13.9. The van der Waals surface area contributed by atoms with Crippen LogP contribution >= 0.6 is 0 Å². The Morgan fingerprint density at radius 3 is 1.47 bits per heavy atom. The van der Waals surface area contributed by atoms with Crippen LogP contribution in [-0.2, 0) is 0 Å². The third-order valence-corrected chi connectivity index (χ3v) is 7.47. The molecule has 0 spiro atoms. The molecule has 0 saturated heterocycles. The molecule has 0 aromatic carbocycles. The van der Waals surface area contributed by atoms with Gasteiger partial charge in [0, 0.05) is 30.3 Å². The molecular formula is C30H64N2O2. The van der Waals surface area contributed by atoms with E-state index < -0.39 is 0 Å². The maximum Gasteiger partial charge on any atom is 0.0587 e. The summed E-state index contributed by atoms with van der Waals surface area (Å²) >= 11 is 0. The summed E-state index contributed by atoms with van der Waals surface area (Å²) in [6.45, 7) is 19.7. The second-order valence-electron chi connectivity index (χ2n) is 12.2. The molecule has 4 nitrogen and oxygen atoms in total. The first-order chi connectivity index (χ1) is 16.1. The Morgan fingerprint density at radius 2 is 1.03 bits per heavy atom. The van der Waals surface area contributed by atoms with Crippen LogP contribution in [0.2, 0.25) is 0 Å². The zero-order chi connectivity index (χ0) is 25.9. The third-order valence-electron chi connectivity index (χ3n) is 7.47. The van der Waals surface area contributed by atoms with Gasteiger partial charge in [0.05, 0.1) is 6.61 Å². The number of hydrogen-bond donors (Lipinski definition) is 2. The van der Waals surface area contributed by atoms with Crippen molar-refractivity contribution >= 4 is 0 Å². The smallest absolute Gasteiger partial charge is 0.0587 e. The van der Waals surface area contributed by atoms with E-state index in [1.165, 1.54) is 83.5 Å². The Kier molecular flexibility index (Phi) is 19.9. The molecule has 0 radical (unpaired) electrons. The van der Waals surface area contributed by atoms with E-state index in [0.717, 1.165) is 32.5 Å². The van der Waals surface area contributed by atoms with Gasteiger partial charge in [0.2, 0.25) is 0 Å². The monoisotopic (exact) mass is 484 g/mol. The van der Waals surface area contributed by atoms with Crippen molar-refractivity contribution in [2.75, 3.05) is 32.8 Å². The van der Waals surface area contributed by atoms with Gasteiger partial charge in [-0.1, -0.05) is 84.5 Å². The summed E-state index contributed by atoms with van der Waals surface area (Å²) in [5.74, 6) is 0. The Hall–Kier alpha value is -0.160. The fraction of sp³-hybridized carbons (Fsp3) is 1.00. The summed E-state index contributed by atoms with van der Waals surface area (Å²) in [6.07, 6.45) is 18.9. The van der Waals surface area contributed by atoms with E-state index in [9.17, 15) is 10.2 Å². The van der Waals surface area contributed by atoms with E-state index >= 15 is 0 Å². The molecule has 34 heavy (non-hydrogen) atoms. The topological polar surface area (TPSA) is 46.9 Å². The highest BCUT2D eigenvalue weighted by atomic mass is 16.3. The van der Waals surface area contributed by atoms with Gasteiger partial charge in [-0.3, -0.25) is 9.80 Å². The maximum absolute atomic E-state index is 10.5. The van der Waals surface area contributed by atoms with Gasteiger partial charge in [-0.15, -0.1) is 0 Å². The van der Waals surface area contributed by atoms with Crippen LogP contribution in [0.15, 0.2) is 0 Å². The number of hydrogen-bond acceptors (Lipinski definition) is 4. The quantitative estimate of drug-likeness (QED) is 0.148. The molecule has 206 valence electrons. The Balaban J connectivity index is 5.00. The molecule has 2 N–H and O–H groups in total. The van der Waals surface area contributed by atoms with Gasteiger partial charge < -0.3 is 10.2 Å². The first-order valence-corrected chi connectivity index (χ1v) is 14.9. The van der Waals surface area contributed by atoms with Crippen LogP contribution in [0.25, 0.3) is 0 Å². The van der Waals surface area contributed by atoms with Crippen LogP contribution in [0.1, 0.15) is 145 Å². The van der Waals surface area contributed by atoms with Crippen LogP contribution in [0.4, 0.5) is 0 Å². The van der Waals surface area contributed by atoms with E-state index in [0.29, 0.717) is 0 Å². The van der Waals surface area contributed by atoms with Crippen molar-refractivity contribution in [2.45, 2.75) is 162 Å². The van der Waals surface area contributed by atoms with Crippen LogP contribution in [0, 0.1) is 0 Å². The highest BCUT2D eigenvalue weighted by molar-refractivity contribution is 4.91. The van der Waals surface area contributed by atoms with Crippen molar-refractivity contribution in [1.29, 1.82) is 0 Å². The Morgan fingerprint density at radius 1 is 0.588 bits per heavy atom. The average molecular weight is 485 g/mol. The van der Waals surface area contributed by atoms with Gasteiger partial charge in [0.15, 0.2) is 0 Å². The summed E-state index contributed by atoms with van der Waals surface area (Å²) in [6, 6.07) is 0.163. The average Bonchev–Trinajstić information content (AvgIpc) is 2.77. The molecule has 0 aromatic heterocycles. The molecule has 0 saturated carbocycles. The second kappa shape index (κ2) is 20.0. The largest absolute Gasteiger partial charge is 0.396 e. The molecule has 1 unspecified atom stereocenters. The van der Waals surface area contributed by atoms with Crippen molar-refractivity contribution < 1.29 is 10.2 Å². The van der Waals surface area contributed by atoms with Crippen molar-refractivity contribution in [3.05, 3.63) is 0 Å². The van der Waals surface area contributed by atoms with Crippen molar-refractivity contribution in [2.24, 2.45) is 0 Å². The lowest BCUT2D eigenvalue weighted by molar-refractivity contribution is 0.00111. The van der Waals surface area contributed by atoms with Gasteiger partial charge in [-0.2, -0.15) is 0 Å². The first kappa shape index (κ1) is 33.8. The van der Waals surface area contributed by atoms with E-state index in [1.807, 2.05) is 0 Å². The van der Waals surface area contributed by atoms with Gasteiger partial charge in [0.1, 0.15) is 0 Å². The minimum absolute atomic E-state index is 0.00433. The molecular weight excluding hydrogens is 420 g/mol. The summed E-state index contributed by atoms with van der Waals surface area (Å²) in [4.78, 5) is 5.15. The van der Waals surface area contributed by atoms with E-state index in [-0.39, 0.29) is 30.3 Å². The molecule has 0 bridgehead atoms. The Labute approximate surface area is 214 Å². The number of unbranched alkanes of at least 4 members (excludes halogenated alkanes) is 11. The SMILES string of the molecule is CCCCCCCCCN(C(CO)CC(C)(C)N(CCCO)CCCCCCCC)C(C)(C)C. The molecule has 1 atom stereocenters. The predicted molar refractivity (Wildman–Crippen MR) is 151 cm³/mol. The number of rotatable bonds is 23. The van der Waals surface area contributed by atoms with Crippen LogP contribution in [-0.4, -0.2) is 70.0 Å². The standard InChI is InChI=1S/C30H64N2O2/c1-8-10-12-14-16-18-20-24-32(29(3,4)5)28(27-34)26-30(6,7)31(23-21-25-33)22-19-17-15-13-11-9-2/h28,33-34H,8-27H2,1-7H3. The van der Waals surface area contributed by atoms with Crippen molar-refractivity contribution in [1.82, 2.24) is 9.80 Å². The second-order valence-corrected chi connectivity index (χ2v) is 12.2. The minimum Gasteiger partial charge on any atom is -0.396 e. The summed E-state index contributed by atoms with van der Waals surface area (Å²) < 4.78 is 0. The fourth-order valence-corrected chi connectivity index (χ4v) is 5.35. The molecule has 0 aliphatic heterocycles. The lowest BCUT2D eigenvalue weighted by Crippen LogP contribution is -2.55. The summed E-state index contributed by atoms with van der Waals surface area (Å²) in [7, 11) is 0. The van der Waals surface area contributed by atoms with Crippen LogP contribution < -0.4 is 0 Å². The molecule has 0 fully saturated rings. The summed E-state index contributed by atoms with van der Waals surface area (Å²) in [5, 5.41) is 20.0.